The van der Waals surface area contributed by atoms with E-state index in [1.807, 2.05) is 0 Å². The van der Waals surface area contributed by atoms with Crippen molar-refractivity contribution < 1.29 is 14.7 Å². The van der Waals surface area contributed by atoms with Gasteiger partial charge in [-0.3, -0.25) is 9.59 Å². The number of nitrogens with one attached hydrogen (secondary N) is 1. The third kappa shape index (κ3) is 3.44. The molecule has 0 aliphatic carbocycles. The second-order valence-corrected chi connectivity index (χ2v) is 3.34. The summed E-state index contributed by atoms with van der Waals surface area (Å²) < 4.78 is 0. The first-order chi connectivity index (χ1) is 6.58. The van der Waals surface area contributed by atoms with Crippen LogP contribution < -0.4 is 5.73 Å². The average Bonchev–Trinajstić information content (AvgIpc) is 2.47. The van der Waals surface area contributed by atoms with Gasteiger partial charge < -0.3 is 10.8 Å². The number of aromatic nitrogens is 3. The van der Waals surface area contributed by atoms with Gasteiger partial charge in [0, 0.05) is 0 Å². The highest BCUT2D eigenvalue weighted by atomic mass is 32.2. The summed E-state index contributed by atoms with van der Waals surface area (Å²) in [5.41, 5.74) is 5.24. The van der Waals surface area contributed by atoms with Gasteiger partial charge in [0.25, 0.3) is 0 Å². The molecule has 0 saturated carbocycles. The lowest BCUT2D eigenvalue weighted by Gasteiger charge is -1.93. The number of nitrogens with two attached hydrogens (primary N) is 1. The molecule has 0 aliphatic heterocycles. The van der Waals surface area contributed by atoms with Gasteiger partial charge in [-0.25, -0.2) is 5.10 Å². The number of nitrogens with zero attached hydrogens (tertiary/aromatic N) is 2. The minimum Gasteiger partial charge on any atom is -0.481 e. The zero-order valence-corrected chi connectivity index (χ0v) is 7.87. The first kappa shape index (κ1) is 10.5. The van der Waals surface area contributed by atoms with Crippen molar-refractivity contribution in [2.45, 2.75) is 11.6 Å². The molecule has 1 heterocycles. The number of ketones is 1. The van der Waals surface area contributed by atoms with Crippen molar-refractivity contribution in [1.29, 1.82) is 0 Å². The lowest BCUT2D eigenvalue weighted by molar-refractivity contribution is -0.139. The van der Waals surface area contributed by atoms with Crippen LogP contribution in [0.2, 0.25) is 0 Å². The van der Waals surface area contributed by atoms with E-state index in [9.17, 15) is 9.59 Å². The van der Waals surface area contributed by atoms with Crippen LogP contribution in [0.1, 0.15) is 6.42 Å². The Kier molecular flexibility index (Phi) is 3.46. The van der Waals surface area contributed by atoms with Crippen molar-refractivity contribution in [1.82, 2.24) is 15.2 Å². The third-order valence-electron chi connectivity index (χ3n) is 1.19. The quantitative estimate of drug-likeness (QED) is 0.449. The third-order valence-corrected chi connectivity index (χ3v) is 2.10. The maximum absolute atomic E-state index is 10.9. The SMILES string of the molecule is Nc1nc(SCC(=O)CC(=O)O)n[nH]1. The number of hydrogen-bond acceptors (Lipinski definition) is 6. The summed E-state index contributed by atoms with van der Waals surface area (Å²) in [6.45, 7) is 0. The van der Waals surface area contributed by atoms with E-state index in [1.165, 1.54) is 0 Å². The van der Waals surface area contributed by atoms with Crippen LogP contribution in [0.15, 0.2) is 5.16 Å². The molecule has 1 rings (SSSR count). The van der Waals surface area contributed by atoms with E-state index in [-0.39, 0.29) is 17.5 Å². The fraction of sp³-hybridized carbons (Fsp3) is 0.333. The van der Waals surface area contributed by atoms with Gasteiger partial charge in [-0.05, 0) is 0 Å². The van der Waals surface area contributed by atoms with E-state index in [4.69, 9.17) is 10.8 Å². The summed E-state index contributed by atoms with van der Waals surface area (Å²) in [7, 11) is 0. The Hall–Kier alpha value is -1.57. The van der Waals surface area contributed by atoms with E-state index >= 15 is 0 Å². The van der Waals surface area contributed by atoms with E-state index in [1.54, 1.807) is 0 Å². The Morgan fingerprint density at radius 3 is 2.79 bits per heavy atom. The summed E-state index contributed by atoms with van der Waals surface area (Å²) >= 11 is 1.04. The summed E-state index contributed by atoms with van der Waals surface area (Å²) in [6, 6.07) is 0. The zero-order chi connectivity index (χ0) is 10.6. The molecule has 0 aliphatic rings. The molecular formula is C6H8N4O3S. The number of carboxylic acids is 1. The van der Waals surface area contributed by atoms with Gasteiger partial charge in [0.2, 0.25) is 11.1 Å². The number of Topliss-reactive ketones (excluding diaryl/α,β-unsaturated/α-hetero) is 1. The van der Waals surface area contributed by atoms with Crippen LogP contribution in [0.5, 0.6) is 0 Å². The smallest absolute Gasteiger partial charge is 0.310 e. The Balaban J connectivity index is 2.34. The number of H-pyrrole nitrogens is 1. The Morgan fingerprint density at radius 2 is 2.29 bits per heavy atom. The monoisotopic (exact) mass is 216 g/mol. The Morgan fingerprint density at radius 1 is 1.57 bits per heavy atom. The molecule has 76 valence electrons. The highest BCUT2D eigenvalue weighted by molar-refractivity contribution is 7.99. The highest BCUT2D eigenvalue weighted by Crippen LogP contribution is 2.12. The van der Waals surface area contributed by atoms with Crippen LogP contribution in [0.4, 0.5) is 5.95 Å². The molecule has 0 amide bonds. The molecule has 0 saturated heterocycles. The first-order valence-corrected chi connectivity index (χ1v) is 4.60. The number of carbonyl (C=O) groups excluding carboxylic acids is 1. The van der Waals surface area contributed by atoms with E-state index in [2.05, 4.69) is 15.2 Å². The number of aromatic amines is 1. The van der Waals surface area contributed by atoms with Crippen LogP contribution in [0, 0.1) is 0 Å². The van der Waals surface area contributed by atoms with Crippen LogP contribution in [-0.4, -0.2) is 37.8 Å². The molecule has 4 N–H and O–H groups in total. The first-order valence-electron chi connectivity index (χ1n) is 3.62. The molecular weight excluding hydrogens is 208 g/mol. The van der Waals surface area contributed by atoms with Gasteiger partial charge in [0.1, 0.15) is 6.42 Å². The average molecular weight is 216 g/mol. The summed E-state index contributed by atoms with van der Waals surface area (Å²) in [5, 5.41) is 14.7. The van der Waals surface area contributed by atoms with Crippen molar-refractivity contribution in [3.05, 3.63) is 0 Å². The van der Waals surface area contributed by atoms with Gasteiger partial charge in [-0.15, -0.1) is 5.10 Å². The molecule has 14 heavy (non-hydrogen) atoms. The number of aliphatic carboxylic acids is 1. The predicted octanol–water partition coefficient (Wildman–Crippen LogP) is -0.477. The van der Waals surface area contributed by atoms with Crippen LogP contribution >= 0.6 is 11.8 Å². The number of carboxylic acid groups (broad SMARTS) is 1. The van der Waals surface area contributed by atoms with Gasteiger partial charge in [0.05, 0.1) is 5.75 Å². The molecule has 1 aromatic heterocycles. The second-order valence-electron chi connectivity index (χ2n) is 2.40. The molecule has 0 radical (unpaired) electrons. The lowest BCUT2D eigenvalue weighted by atomic mass is 10.3. The zero-order valence-electron chi connectivity index (χ0n) is 7.06. The van der Waals surface area contributed by atoms with Gasteiger partial charge in [0.15, 0.2) is 5.78 Å². The number of anilines is 1. The number of rotatable bonds is 5. The van der Waals surface area contributed by atoms with E-state index in [0.29, 0.717) is 5.16 Å². The normalized spacial score (nSPS) is 10.0. The molecule has 7 nitrogen and oxygen atoms in total. The van der Waals surface area contributed by atoms with Crippen LogP contribution in [0.3, 0.4) is 0 Å². The van der Waals surface area contributed by atoms with E-state index in [0.717, 1.165) is 11.8 Å². The molecule has 0 aromatic carbocycles. The second kappa shape index (κ2) is 4.61. The van der Waals surface area contributed by atoms with Crippen molar-refractivity contribution in [2.24, 2.45) is 0 Å². The van der Waals surface area contributed by atoms with Crippen molar-refractivity contribution in [2.75, 3.05) is 11.5 Å². The fourth-order valence-corrected chi connectivity index (χ4v) is 1.35. The van der Waals surface area contributed by atoms with Crippen LogP contribution in [0.25, 0.3) is 0 Å². The highest BCUT2D eigenvalue weighted by Gasteiger charge is 2.09. The predicted molar refractivity (Wildman–Crippen MR) is 48.8 cm³/mol. The summed E-state index contributed by atoms with van der Waals surface area (Å²) in [4.78, 5) is 24.8. The van der Waals surface area contributed by atoms with Crippen molar-refractivity contribution in [3.63, 3.8) is 0 Å². The lowest BCUT2D eigenvalue weighted by Crippen LogP contribution is -2.08. The summed E-state index contributed by atoms with van der Waals surface area (Å²) in [5.74, 6) is -1.32. The van der Waals surface area contributed by atoms with Gasteiger partial charge >= 0.3 is 5.97 Å². The number of thioether (sulfide) groups is 1. The number of carbonyl (C=O) groups is 2. The van der Waals surface area contributed by atoms with E-state index < -0.39 is 12.4 Å². The molecule has 8 heteroatoms. The molecule has 0 atom stereocenters. The van der Waals surface area contributed by atoms with Gasteiger partial charge in [-0.1, -0.05) is 11.8 Å². The van der Waals surface area contributed by atoms with Crippen molar-refractivity contribution >= 4 is 29.5 Å². The maximum atomic E-state index is 10.9. The number of nitrogen functional groups attached to an aromatic ring is 1. The minimum atomic E-state index is -1.13. The molecule has 0 bridgehead atoms. The maximum Gasteiger partial charge on any atom is 0.310 e. The molecule has 0 unspecified atom stereocenters. The Bertz CT molecular complexity index is 351. The Labute approximate surface area is 83.1 Å². The topological polar surface area (TPSA) is 122 Å². The van der Waals surface area contributed by atoms with Crippen LogP contribution in [-0.2, 0) is 9.59 Å². The minimum absolute atomic E-state index is 0.0313. The summed E-state index contributed by atoms with van der Waals surface area (Å²) in [6.07, 6.45) is -0.479. The fourth-order valence-electron chi connectivity index (χ4n) is 0.687. The van der Waals surface area contributed by atoms with Crippen molar-refractivity contribution in [3.8, 4) is 0 Å². The number of hydrogen-bond donors (Lipinski definition) is 3. The molecule has 1 aromatic rings. The largest absolute Gasteiger partial charge is 0.481 e. The molecule has 0 spiro atoms. The standard InChI is InChI=1S/C6H8N4O3S/c7-5-8-6(10-9-5)14-2-3(11)1-4(12)13/h1-2H2,(H,12,13)(H3,7,8,9,10). The molecule has 0 fully saturated rings. The van der Waals surface area contributed by atoms with Gasteiger partial charge in [-0.2, -0.15) is 4.98 Å².